The van der Waals surface area contributed by atoms with Crippen molar-refractivity contribution in [3.8, 4) is 0 Å². The van der Waals surface area contributed by atoms with Gasteiger partial charge in [0, 0.05) is 58.4 Å². The summed E-state index contributed by atoms with van der Waals surface area (Å²) in [4.78, 5) is 20.6. The smallest absolute Gasteiger partial charge is 0.221 e. The third-order valence-electron chi connectivity index (χ3n) is 4.12. The molecule has 1 aromatic rings. The minimum absolute atomic E-state index is 0. The second kappa shape index (κ2) is 11.9. The highest BCUT2D eigenvalue weighted by Gasteiger charge is 2.19. The maximum Gasteiger partial charge on any atom is 0.221 e. The fourth-order valence-corrected chi connectivity index (χ4v) is 2.79. The molecule has 1 aliphatic heterocycles. The quantitative estimate of drug-likeness (QED) is 0.388. The van der Waals surface area contributed by atoms with Crippen molar-refractivity contribution in [2.45, 2.75) is 19.8 Å². The largest absolute Gasteiger partial charge is 0.368 e. The SMILES string of the molecule is CCCNC(=O)CCNC(=NC)N1CCN(c2ccccc2)CC1.I. The van der Waals surface area contributed by atoms with Crippen molar-refractivity contribution in [2.75, 3.05) is 51.2 Å². The van der Waals surface area contributed by atoms with E-state index in [1.807, 2.05) is 6.07 Å². The number of amides is 1. The van der Waals surface area contributed by atoms with Gasteiger partial charge < -0.3 is 20.4 Å². The van der Waals surface area contributed by atoms with E-state index in [1.54, 1.807) is 7.05 Å². The fourth-order valence-electron chi connectivity index (χ4n) is 2.79. The number of para-hydroxylation sites is 1. The number of aliphatic imine (C=N–C) groups is 1. The summed E-state index contributed by atoms with van der Waals surface area (Å²) in [5, 5.41) is 6.19. The topological polar surface area (TPSA) is 60.0 Å². The molecule has 0 saturated carbocycles. The van der Waals surface area contributed by atoms with Crippen molar-refractivity contribution in [1.82, 2.24) is 15.5 Å². The second-order valence-corrected chi connectivity index (χ2v) is 5.88. The molecule has 0 aliphatic carbocycles. The Bertz CT molecular complexity index is 530. The van der Waals surface area contributed by atoms with E-state index in [0.717, 1.165) is 45.1 Å². The predicted molar refractivity (Wildman–Crippen MR) is 115 cm³/mol. The van der Waals surface area contributed by atoms with Crippen LogP contribution in [0.4, 0.5) is 5.69 Å². The molecule has 2 rings (SSSR count). The summed E-state index contributed by atoms with van der Waals surface area (Å²) in [5.41, 5.74) is 1.27. The van der Waals surface area contributed by atoms with E-state index in [1.165, 1.54) is 5.69 Å². The summed E-state index contributed by atoms with van der Waals surface area (Å²) in [5.74, 6) is 0.972. The van der Waals surface area contributed by atoms with Gasteiger partial charge in [-0.3, -0.25) is 9.79 Å². The highest BCUT2D eigenvalue weighted by atomic mass is 127. The summed E-state index contributed by atoms with van der Waals surface area (Å²) in [6.45, 7) is 7.21. The molecule has 0 atom stereocenters. The van der Waals surface area contributed by atoms with Gasteiger partial charge in [0.1, 0.15) is 0 Å². The minimum atomic E-state index is 0. The number of piperazine rings is 1. The van der Waals surface area contributed by atoms with Gasteiger partial charge in [0.05, 0.1) is 0 Å². The van der Waals surface area contributed by atoms with E-state index in [9.17, 15) is 4.79 Å². The first-order valence-electron chi connectivity index (χ1n) is 8.77. The molecule has 0 bridgehead atoms. The number of hydrogen-bond acceptors (Lipinski definition) is 3. The Labute approximate surface area is 168 Å². The molecule has 1 aromatic carbocycles. The normalized spacial score (nSPS) is 14.7. The van der Waals surface area contributed by atoms with E-state index in [2.05, 4.69) is 56.6 Å². The summed E-state index contributed by atoms with van der Waals surface area (Å²) in [6, 6.07) is 10.5. The summed E-state index contributed by atoms with van der Waals surface area (Å²) in [7, 11) is 1.79. The van der Waals surface area contributed by atoms with Crippen LogP contribution in [0.2, 0.25) is 0 Å². The lowest BCUT2D eigenvalue weighted by Crippen LogP contribution is -2.52. The molecule has 0 aromatic heterocycles. The number of anilines is 1. The molecule has 0 radical (unpaired) electrons. The average Bonchev–Trinajstić information content (AvgIpc) is 2.64. The van der Waals surface area contributed by atoms with E-state index >= 15 is 0 Å². The molecule has 1 fully saturated rings. The van der Waals surface area contributed by atoms with Gasteiger partial charge in [-0.15, -0.1) is 24.0 Å². The maximum absolute atomic E-state index is 11.6. The van der Waals surface area contributed by atoms with Crippen LogP contribution in [0.1, 0.15) is 19.8 Å². The molecule has 6 nitrogen and oxygen atoms in total. The maximum atomic E-state index is 11.6. The number of hydrogen-bond donors (Lipinski definition) is 2. The number of nitrogens with zero attached hydrogens (tertiary/aromatic N) is 3. The highest BCUT2D eigenvalue weighted by molar-refractivity contribution is 14.0. The van der Waals surface area contributed by atoms with Crippen molar-refractivity contribution in [3.05, 3.63) is 30.3 Å². The number of rotatable bonds is 6. The third kappa shape index (κ3) is 7.09. The number of guanidine groups is 1. The lowest BCUT2D eigenvalue weighted by Gasteiger charge is -2.37. The number of carbonyl (C=O) groups excluding carboxylic acids is 1. The number of halogens is 1. The summed E-state index contributed by atoms with van der Waals surface area (Å²) in [6.07, 6.45) is 1.44. The molecular weight excluding hydrogens is 429 g/mol. The summed E-state index contributed by atoms with van der Waals surface area (Å²) >= 11 is 0. The van der Waals surface area contributed by atoms with Crippen molar-refractivity contribution in [3.63, 3.8) is 0 Å². The Morgan fingerprint density at radius 1 is 1.08 bits per heavy atom. The molecule has 1 heterocycles. The van der Waals surface area contributed by atoms with Crippen LogP contribution in [0.15, 0.2) is 35.3 Å². The van der Waals surface area contributed by atoms with Crippen LogP contribution in [-0.4, -0.2) is 63.1 Å². The zero-order valence-corrected chi connectivity index (χ0v) is 17.5. The monoisotopic (exact) mass is 459 g/mol. The average molecular weight is 459 g/mol. The van der Waals surface area contributed by atoms with Crippen molar-refractivity contribution in [1.29, 1.82) is 0 Å². The van der Waals surface area contributed by atoms with Crippen LogP contribution in [0, 0.1) is 0 Å². The van der Waals surface area contributed by atoms with Gasteiger partial charge >= 0.3 is 0 Å². The predicted octanol–water partition coefficient (Wildman–Crippen LogP) is 1.92. The first kappa shape index (κ1) is 21.5. The van der Waals surface area contributed by atoms with Crippen LogP contribution >= 0.6 is 24.0 Å². The zero-order valence-electron chi connectivity index (χ0n) is 15.2. The molecule has 1 aliphatic rings. The number of nitrogens with one attached hydrogen (secondary N) is 2. The molecular formula is C18H30IN5O. The first-order chi connectivity index (χ1) is 11.7. The fraction of sp³-hybridized carbons (Fsp3) is 0.556. The van der Waals surface area contributed by atoms with Gasteiger partial charge in [-0.05, 0) is 18.6 Å². The zero-order chi connectivity index (χ0) is 17.2. The third-order valence-corrected chi connectivity index (χ3v) is 4.12. The Kier molecular flexibility index (Phi) is 10.3. The van der Waals surface area contributed by atoms with Crippen LogP contribution in [0.5, 0.6) is 0 Å². The molecule has 7 heteroatoms. The van der Waals surface area contributed by atoms with Gasteiger partial charge in [0.25, 0.3) is 0 Å². The van der Waals surface area contributed by atoms with Crippen LogP contribution in [0.3, 0.4) is 0 Å². The van der Waals surface area contributed by atoms with Gasteiger partial charge in [-0.2, -0.15) is 0 Å². The van der Waals surface area contributed by atoms with Gasteiger partial charge in [-0.25, -0.2) is 0 Å². The molecule has 1 amide bonds. The van der Waals surface area contributed by atoms with Crippen LogP contribution in [-0.2, 0) is 4.79 Å². The molecule has 2 N–H and O–H groups in total. The molecule has 0 spiro atoms. The highest BCUT2D eigenvalue weighted by Crippen LogP contribution is 2.15. The lowest BCUT2D eigenvalue weighted by molar-refractivity contribution is -0.120. The first-order valence-corrected chi connectivity index (χ1v) is 8.77. The van der Waals surface area contributed by atoms with Crippen molar-refractivity contribution >= 4 is 41.5 Å². The summed E-state index contributed by atoms with van der Waals surface area (Å²) < 4.78 is 0. The van der Waals surface area contributed by atoms with Gasteiger partial charge in [0.2, 0.25) is 5.91 Å². The molecule has 1 saturated heterocycles. The van der Waals surface area contributed by atoms with E-state index in [-0.39, 0.29) is 29.9 Å². The lowest BCUT2D eigenvalue weighted by atomic mass is 10.2. The van der Waals surface area contributed by atoms with Gasteiger partial charge in [0.15, 0.2) is 5.96 Å². The molecule has 0 unspecified atom stereocenters. The van der Waals surface area contributed by atoms with Crippen molar-refractivity contribution < 1.29 is 4.79 Å². The van der Waals surface area contributed by atoms with E-state index in [4.69, 9.17) is 0 Å². The second-order valence-electron chi connectivity index (χ2n) is 5.88. The van der Waals surface area contributed by atoms with E-state index < -0.39 is 0 Å². The Hall–Kier alpha value is -1.51. The van der Waals surface area contributed by atoms with E-state index in [0.29, 0.717) is 13.0 Å². The number of benzene rings is 1. The Morgan fingerprint density at radius 3 is 2.36 bits per heavy atom. The minimum Gasteiger partial charge on any atom is -0.368 e. The van der Waals surface area contributed by atoms with Crippen LogP contribution in [0.25, 0.3) is 0 Å². The number of carbonyl (C=O) groups is 1. The van der Waals surface area contributed by atoms with Gasteiger partial charge in [-0.1, -0.05) is 25.1 Å². The molecule has 140 valence electrons. The van der Waals surface area contributed by atoms with Crippen LogP contribution < -0.4 is 15.5 Å². The Morgan fingerprint density at radius 2 is 1.76 bits per heavy atom. The standard InChI is InChI=1S/C18H29N5O.HI/c1-3-10-20-17(24)9-11-21-18(19-2)23-14-12-22(13-15-23)16-7-5-4-6-8-16;/h4-8H,3,9-15H2,1-2H3,(H,19,21)(H,20,24);1H. The van der Waals surface area contributed by atoms with Crippen molar-refractivity contribution in [2.24, 2.45) is 4.99 Å². The molecule has 25 heavy (non-hydrogen) atoms. The Balaban J connectivity index is 0.00000312.